The van der Waals surface area contributed by atoms with Crippen molar-refractivity contribution in [1.82, 2.24) is 10.2 Å². The molecule has 130 valence electrons. The predicted octanol–water partition coefficient (Wildman–Crippen LogP) is 0.515. The van der Waals surface area contributed by atoms with Gasteiger partial charge < -0.3 is 19.7 Å². The number of benzene rings is 1. The summed E-state index contributed by atoms with van der Waals surface area (Å²) in [6, 6.07) is 7.04. The minimum atomic E-state index is -0.648. The third-order valence-corrected chi connectivity index (χ3v) is 3.62. The van der Waals surface area contributed by atoms with Crippen molar-refractivity contribution >= 4 is 17.8 Å². The van der Waals surface area contributed by atoms with E-state index in [1.54, 1.807) is 23.1 Å². The van der Waals surface area contributed by atoms with Crippen LogP contribution in [0.15, 0.2) is 24.3 Å². The summed E-state index contributed by atoms with van der Waals surface area (Å²) in [6.07, 6.45) is -0.0213. The van der Waals surface area contributed by atoms with Gasteiger partial charge in [0.1, 0.15) is 6.54 Å². The zero-order valence-electron chi connectivity index (χ0n) is 13.9. The van der Waals surface area contributed by atoms with Gasteiger partial charge in [0.15, 0.2) is 6.61 Å². The first-order valence-corrected chi connectivity index (χ1v) is 7.85. The number of carbonyl (C=O) groups excluding carboxylic acids is 3. The molecule has 0 bridgehead atoms. The van der Waals surface area contributed by atoms with Gasteiger partial charge in [-0.25, -0.2) is 0 Å². The van der Waals surface area contributed by atoms with Crippen LogP contribution in [-0.2, 0) is 19.1 Å². The van der Waals surface area contributed by atoms with Crippen molar-refractivity contribution in [1.29, 1.82) is 0 Å². The lowest BCUT2D eigenvalue weighted by atomic mass is 10.1. The van der Waals surface area contributed by atoms with E-state index in [1.807, 2.05) is 19.9 Å². The lowest BCUT2D eigenvalue weighted by Crippen LogP contribution is -2.46. The maximum atomic E-state index is 12.0. The second-order valence-corrected chi connectivity index (χ2v) is 5.73. The zero-order valence-corrected chi connectivity index (χ0v) is 13.9. The van der Waals surface area contributed by atoms with Crippen LogP contribution in [0.3, 0.4) is 0 Å². The number of hydrogen-bond acceptors (Lipinski definition) is 5. The molecule has 1 aliphatic rings. The lowest BCUT2D eigenvalue weighted by Gasteiger charge is -2.30. The number of esters is 1. The molecule has 0 radical (unpaired) electrons. The van der Waals surface area contributed by atoms with Crippen molar-refractivity contribution in [2.75, 3.05) is 32.8 Å². The van der Waals surface area contributed by atoms with Gasteiger partial charge in [-0.1, -0.05) is 17.7 Å². The monoisotopic (exact) mass is 334 g/mol. The third kappa shape index (κ3) is 5.34. The van der Waals surface area contributed by atoms with Crippen LogP contribution in [-0.4, -0.2) is 61.6 Å². The fourth-order valence-corrected chi connectivity index (χ4v) is 2.37. The molecule has 7 nitrogen and oxygen atoms in total. The maximum Gasteiger partial charge on any atom is 0.325 e. The second kappa shape index (κ2) is 8.44. The summed E-state index contributed by atoms with van der Waals surface area (Å²) in [5.41, 5.74) is 1.43. The molecule has 2 rings (SSSR count). The Morgan fingerprint density at radius 3 is 2.88 bits per heavy atom. The Balaban J connectivity index is 1.71. The van der Waals surface area contributed by atoms with E-state index in [0.29, 0.717) is 25.3 Å². The fourth-order valence-electron chi connectivity index (χ4n) is 2.37. The summed E-state index contributed by atoms with van der Waals surface area (Å²) >= 11 is 0. The van der Waals surface area contributed by atoms with Crippen LogP contribution < -0.4 is 5.32 Å². The Labute approximate surface area is 140 Å². The number of amides is 2. The molecule has 1 saturated heterocycles. The van der Waals surface area contributed by atoms with Crippen LogP contribution in [0.1, 0.15) is 22.8 Å². The number of nitrogens with zero attached hydrogens (tertiary/aromatic N) is 1. The number of carbonyl (C=O) groups is 3. The zero-order chi connectivity index (χ0) is 17.5. The summed E-state index contributed by atoms with van der Waals surface area (Å²) < 4.78 is 10.3. The molecule has 0 aromatic heterocycles. The second-order valence-electron chi connectivity index (χ2n) is 5.73. The summed E-state index contributed by atoms with van der Waals surface area (Å²) in [5, 5.41) is 2.48. The molecule has 1 fully saturated rings. The van der Waals surface area contributed by atoms with Crippen LogP contribution in [0.5, 0.6) is 0 Å². The first kappa shape index (κ1) is 17.9. The van der Waals surface area contributed by atoms with Crippen LogP contribution in [0.2, 0.25) is 0 Å². The number of nitrogens with one attached hydrogen (secondary N) is 1. The van der Waals surface area contributed by atoms with Crippen LogP contribution in [0.25, 0.3) is 0 Å². The molecule has 1 atom stereocenters. The molecule has 7 heteroatoms. The van der Waals surface area contributed by atoms with E-state index in [-0.39, 0.29) is 31.1 Å². The summed E-state index contributed by atoms with van der Waals surface area (Å²) in [6.45, 7) is 4.61. The molecule has 0 saturated carbocycles. The van der Waals surface area contributed by atoms with Gasteiger partial charge in [0.05, 0.1) is 12.7 Å². The molecule has 1 aromatic carbocycles. The van der Waals surface area contributed by atoms with Gasteiger partial charge in [0, 0.05) is 18.7 Å². The average Bonchev–Trinajstić information content (AvgIpc) is 2.57. The quantitative estimate of drug-likeness (QED) is 0.794. The first-order valence-electron chi connectivity index (χ1n) is 7.85. The summed E-state index contributed by atoms with van der Waals surface area (Å²) in [4.78, 5) is 37.1. The van der Waals surface area contributed by atoms with Crippen molar-refractivity contribution in [3.8, 4) is 0 Å². The van der Waals surface area contributed by atoms with E-state index in [0.717, 1.165) is 5.56 Å². The van der Waals surface area contributed by atoms with Crippen molar-refractivity contribution in [2.45, 2.75) is 20.0 Å². The number of hydrogen-bond donors (Lipinski definition) is 1. The average molecular weight is 334 g/mol. The molecule has 0 aliphatic carbocycles. The van der Waals surface area contributed by atoms with Gasteiger partial charge in [-0.05, 0) is 26.0 Å². The largest absolute Gasteiger partial charge is 0.454 e. The van der Waals surface area contributed by atoms with Gasteiger partial charge >= 0.3 is 5.97 Å². The van der Waals surface area contributed by atoms with Gasteiger partial charge in [0.25, 0.3) is 11.8 Å². The van der Waals surface area contributed by atoms with Crippen molar-refractivity contribution in [2.24, 2.45) is 0 Å². The Bertz CT molecular complexity index is 617. The van der Waals surface area contributed by atoms with Crippen molar-refractivity contribution in [3.63, 3.8) is 0 Å². The highest BCUT2D eigenvalue weighted by Crippen LogP contribution is 2.05. The number of ether oxygens (including phenoxy) is 2. The van der Waals surface area contributed by atoms with Crippen LogP contribution in [0, 0.1) is 6.92 Å². The summed E-state index contributed by atoms with van der Waals surface area (Å²) in [5.74, 6) is -1.27. The highest BCUT2D eigenvalue weighted by molar-refractivity contribution is 5.96. The minimum Gasteiger partial charge on any atom is -0.454 e. The standard InChI is InChI=1S/C17H22N2O5/c1-12-4-3-5-14(8-12)17(22)18-9-16(21)24-11-15(20)19-6-7-23-13(2)10-19/h3-5,8,13H,6-7,9-11H2,1-2H3,(H,18,22). The van der Waals surface area contributed by atoms with E-state index in [4.69, 9.17) is 9.47 Å². The van der Waals surface area contributed by atoms with Gasteiger partial charge in [0.2, 0.25) is 0 Å². The molecular formula is C17H22N2O5. The molecule has 0 spiro atoms. The Morgan fingerprint density at radius 2 is 2.17 bits per heavy atom. The minimum absolute atomic E-state index is 0.0213. The van der Waals surface area contributed by atoms with E-state index < -0.39 is 5.97 Å². The van der Waals surface area contributed by atoms with Gasteiger partial charge in [-0.2, -0.15) is 0 Å². The van der Waals surface area contributed by atoms with Crippen LogP contribution >= 0.6 is 0 Å². The Kier molecular flexibility index (Phi) is 6.31. The van der Waals surface area contributed by atoms with E-state index in [2.05, 4.69) is 5.32 Å². The molecule has 1 unspecified atom stereocenters. The normalized spacial score (nSPS) is 17.2. The van der Waals surface area contributed by atoms with E-state index in [9.17, 15) is 14.4 Å². The summed E-state index contributed by atoms with van der Waals surface area (Å²) in [7, 11) is 0. The Morgan fingerprint density at radius 1 is 1.38 bits per heavy atom. The number of morpholine rings is 1. The molecule has 1 aliphatic heterocycles. The smallest absolute Gasteiger partial charge is 0.325 e. The fraction of sp³-hybridized carbons (Fsp3) is 0.471. The molecule has 24 heavy (non-hydrogen) atoms. The van der Waals surface area contributed by atoms with Crippen molar-refractivity contribution < 1.29 is 23.9 Å². The number of rotatable bonds is 5. The molecule has 1 N–H and O–H groups in total. The molecule has 1 aromatic rings. The topological polar surface area (TPSA) is 84.9 Å². The SMILES string of the molecule is Cc1cccc(C(=O)NCC(=O)OCC(=O)N2CCOC(C)C2)c1. The van der Waals surface area contributed by atoms with Gasteiger partial charge in [-0.15, -0.1) is 0 Å². The molecular weight excluding hydrogens is 312 g/mol. The van der Waals surface area contributed by atoms with E-state index >= 15 is 0 Å². The predicted molar refractivity (Wildman–Crippen MR) is 86.5 cm³/mol. The highest BCUT2D eigenvalue weighted by Gasteiger charge is 2.22. The highest BCUT2D eigenvalue weighted by atomic mass is 16.5. The molecule has 1 heterocycles. The third-order valence-electron chi connectivity index (χ3n) is 3.62. The maximum absolute atomic E-state index is 12.0. The van der Waals surface area contributed by atoms with Crippen LogP contribution in [0.4, 0.5) is 0 Å². The molecule has 2 amide bonds. The number of aryl methyl sites for hydroxylation is 1. The van der Waals surface area contributed by atoms with Gasteiger partial charge in [-0.3, -0.25) is 14.4 Å². The lowest BCUT2D eigenvalue weighted by molar-refractivity contribution is -0.154. The van der Waals surface area contributed by atoms with Crippen molar-refractivity contribution in [3.05, 3.63) is 35.4 Å². The first-order chi connectivity index (χ1) is 11.5. The Hall–Kier alpha value is -2.41. The van der Waals surface area contributed by atoms with E-state index in [1.165, 1.54) is 0 Å².